The van der Waals surface area contributed by atoms with Gasteiger partial charge in [0.2, 0.25) is 6.79 Å². The SMILES string of the molecule is C[C@@H](NC(=O)c1ccc2c(c1)OCO2)[C@@H](c1cccs1)N1CCOCC1. The zero-order valence-electron chi connectivity index (χ0n) is 14.6. The summed E-state index contributed by atoms with van der Waals surface area (Å²) in [7, 11) is 0. The minimum Gasteiger partial charge on any atom is -0.454 e. The zero-order valence-corrected chi connectivity index (χ0v) is 15.5. The maximum Gasteiger partial charge on any atom is 0.251 e. The molecule has 1 saturated heterocycles. The van der Waals surface area contributed by atoms with Gasteiger partial charge < -0.3 is 19.5 Å². The number of rotatable bonds is 5. The molecule has 2 atom stereocenters. The Balaban J connectivity index is 1.50. The quantitative estimate of drug-likeness (QED) is 0.872. The smallest absolute Gasteiger partial charge is 0.251 e. The molecule has 2 aromatic rings. The van der Waals surface area contributed by atoms with Crippen LogP contribution >= 0.6 is 11.3 Å². The molecule has 2 aliphatic heterocycles. The van der Waals surface area contributed by atoms with E-state index in [1.54, 1.807) is 29.5 Å². The van der Waals surface area contributed by atoms with Crippen molar-refractivity contribution in [2.24, 2.45) is 0 Å². The molecule has 138 valence electrons. The first-order valence-corrected chi connectivity index (χ1v) is 9.66. The highest BCUT2D eigenvalue weighted by Gasteiger charge is 2.30. The maximum atomic E-state index is 12.8. The maximum absolute atomic E-state index is 12.8. The highest BCUT2D eigenvalue weighted by Crippen LogP contribution is 2.33. The molecule has 0 radical (unpaired) electrons. The molecule has 6 nitrogen and oxygen atoms in total. The highest BCUT2D eigenvalue weighted by atomic mass is 32.1. The fraction of sp³-hybridized carbons (Fsp3) is 0.421. The molecule has 1 fully saturated rings. The third kappa shape index (κ3) is 3.56. The second-order valence-corrected chi connectivity index (χ2v) is 7.42. The van der Waals surface area contributed by atoms with Gasteiger partial charge in [0.05, 0.1) is 19.3 Å². The van der Waals surface area contributed by atoms with Crippen LogP contribution in [0.1, 0.15) is 28.2 Å². The summed E-state index contributed by atoms with van der Waals surface area (Å²) < 4.78 is 16.2. The van der Waals surface area contributed by atoms with E-state index in [1.807, 2.05) is 0 Å². The van der Waals surface area contributed by atoms with Gasteiger partial charge in [0.25, 0.3) is 5.91 Å². The van der Waals surface area contributed by atoms with Crippen LogP contribution in [-0.2, 0) is 4.74 Å². The monoisotopic (exact) mass is 374 g/mol. The van der Waals surface area contributed by atoms with Crippen molar-refractivity contribution in [2.75, 3.05) is 33.1 Å². The average Bonchev–Trinajstić information content (AvgIpc) is 3.34. The van der Waals surface area contributed by atoms with Crippen LogP contribution in [-0.4, -0.2) is 49.9 Å². The molecular formula is C19H22N2O4S. The number of benzene rings is 1. The van der Waals surface area contributed by atoms with Gasteiger partial charge in [-0.2, -0.15) is 0 Å². The first-order valence-electron chi connectivity index (χ1n) is 8.78. The summed E-state index contributed by atoms with van der Waals surface area (Å²) in [5, 5.41) is 5.24. The molecule has 26 heavy (non-hydrogen) atoms. The van der Waals surface area contributed by atoms with Gasteiger partial charge in [0.15, 0.2) is 11.5 Å². The Bertz CT molecular complexity index is 759. The van der Waals surface area contributed by atoms with E-state index in [9.17, 15) is 4.79 Å². The van der Waals surface area contributed by atoms with Crippen LogP contribution in [0, 0.1) is 0 Å². The molecule has 3 heterocycles. The van der Waals surface area contributed by atoms with E-state index >= 15 is 0 Å². The van der Waals surface area contributed by atoms with E-state index in [1.165, 1.54) is 4.88 Å². The van der Waals surface area contributed by atoms with Gasteiger partial charge in [0, 0.05) is 29.6 Å². The summed E-state index contributed by atoms with van der Waals surface area (Å²) in [5.74, 6) is 1.19. The number of nitrogens with one attached hydrogen (secondary N) is 1. The van der Waals surface area contributed by atoms with E-state index in [0.29, 0.717) is 17.1 Å². The standard InChI is InChI=1S/C19H22N2O4S/c1-13(18(17-3-2-10-26-17)21-6-8-23-9-7-21)20-19(22)14-4-5-15-16(11-14)25-12-24-15/h2-5,10-11,13,18H,6-9,12H2,1H3,(H,20,22)/t13-,18+/m1/s1. The third-order valence-electron chi connectivity index (χ3n) is 4.74. The van der Waals surface area contributed by atoms with Gasteiger partial charge in [-0.25, -0.2) is 0 Å². The Kier molecular flexibility index (Phi) is 5.10. The van der Waals surface area contributed by atoms with Crippen LogP contribution in [0.5, 0.6) is 11.5 Å². The van der Waals surface area contributed by atoms with Gasteiger partial charge in [-0.15, -0.1) is 11.3 Å². The number of carbonyl (C=O) groups excluding carboxylic acids is 1. The van der Waals surface area contributed by atoms with E-state index in [-0.39, 0.29) is 24.8 Å². The summed E-state index contributed by atoms with van der Waals surface area (Å²) in [5.41, 5.74) is 0.577. The number of morpholine rings is 1. The summed E-state index contributed by atoms with van der Waals surface area (Å²) in [6.07, 6.45) is 0. The van der Waals surface area contributed by atoms with E-state index < -0.39 is 0 Å². The number of ether oxygens (including phenoxy) is 3. The Morgan fingerprint density at radius 1 is 1.19 bits per heavy atom. The minimum absolute atomic E-state index is 0.0373. The molecule has 0 bridgehead atoms. The fourth-order valence-electron chi connectivity index (χ4n) is 3.46. The highest BCUT2D eigenvalue weighted by molar-refractivity contribution is 7.10. The lowest BCUT2D eigenvalue weighted by Crippen LogP contribution is -2.48. The Morgan fingerprint density at radius 3 is 2.77 bits per heavy atom. The van der Waals surface area contributed by atoms with Crippen LogP contribution in [0.4, 0.5) is 0 Å². The lowest BCUT2D eigenvalue weighted by Gasteiger charge is -2.37. The fourth-order valence-corrected chi connectivity index (χ4v) is 4.43. The molecule has 0 unspecified atom stereocenters. The third-order valence-corrected chi connectivity index (χ3v) is 5.68. The molecule has 1 amide bonds. The number of carbonyl (C=O) groups is 1. The summed E-state index contributed by atoms with van der Waals surface area (Å²) in [4.78, 5) is 16.4. The number of thiophene rings is 1. The van der Waals surface area contributed by atoms with E-state index in [0.717, 1.165) is 26.3 Å². The molecule has 0 saturated carbocycles. The largest absolute Gasteiger partial charge is 0.454 e. The van der Waals surface area contributed by atoms with Crippen LogP contribution in [0.25, 0.3) is 0 Å². The average molecular weight is 374 g/mol. The van der Waals surface area contributed by atoms with Gasteiger partial charge in [-0.05, 0) is 36.6 Å². The van der Waals surface area contributed by atoms with Gasteiger partial charge in [-0.1, -0.05) is 6.07 Å². The van der Waals surface area contributed by atoms with E-state index in [2.05, 4.69) is 34.7 Å². The van der Waals surface area contributed by atoms with Crippen molar-refractivity contribution in [1.29, 1.82) is 0 Å². The molecule has 1 aromatic heterocycles. The Labute approximate surface area is 156 Å². The Morgan fingerprint density at radius 2 is 2.00 bits per heavy atom. The zero-order chi connectivity index (χ0) is 17.9. The van der Waals surface area contributed by atoms with Crippen LogP contribution < -0.4 is 14.8 Å². The second kappa shape index (κ2) is 7.65. The molecule has 2 aliphatic rings. The lowest BCUT2D eigenvalue weighted by molar-refractivity contribution is 0.00969. The van der Waals surface area contributed by atoms with Crippen molar-refractivity contribution >= 4 is 17.2 Å². The van der Waals surface area contributed by atoms with Gasteiger partial charge in [-0.3, -0.25) is 9.69 Å². The summed E-state index contributed by atoms with van der Waals surface area (Å²) in [6, 6.07) is 9.57. The first-order chi connectivity index (χ1) is 12.7. The van der Waals surface area contributed by atoms with Crippen molar-refractivity contribution in [3.8, 4) is 11.5 Å². The summed E-state index contributed by atoms with van der Waals surface area (Å²) >= 11 is 1.72. The van der Waals surface area contributed by atoms with Gasteiger partial charge >= 0.3 is 0 Å². The molecule has 1 N–H and O–H groups in total. The van der Waals surface area contributed by atoms with Crippen LogP contribution in [0.3, 0.4) is 0 Å². The van der Waals surface area contributed by atoms with Crippen molar-refractivity contribution < 1.29 is 19.0 Å². The van der Waals surface area contributed by atoms with Gasteiger partial charge in [0.1, 0.15) is 0 Å². The Hall–Kier alpha value is -2.09. The first kappa shape index (κ1) is 17.3. The van der Waals surface area contributed by atoms with Crippen molar-refractivity contribution in [2.45, 2.75) is 19.0 Å². The number of fused-ring (bicyclic) bond motifs is 1. The normalized spacial score (nSPS) is 19.1. The van der Waals surface area contributed by atoms with Crippen molar-refractivity contribution in [1.82, 2.24) is 10.2 Å². The topological polar surface area (TPSA) is 60.0 Å². The summed E-state index contributed by atoms with van der Waals surface area (Å²) in [6.45, 7) is 5.45. The van der Waals surface area contributed by atoms with Crippen LogP contribution in [0.2, 0.25) is 0 Å². The number of amides is 1. The van der Waals surface area contributed by atoms with Crippen LogP contribution in [0.15, 0.2) is 35.7 Å². The molecule has 0 aliphatic carbocycles. The molecule has 1 aromatic carbocycles. The van der Waals surface area contributed by atoms with Crippen molar-refractivity contribution in [3.05, 3.63) is 46.2 Å². The second-order valence-electron chi connectivity index (χ2n) is 6.44. The lowest BCUT2D eigenvalue weighted by atomic mass is 10.0. The number of hydrogen-bond donors (Lipinski definition) is 1. The predicted octanol–water partition coefficient (Wildman–Crippen LogP) is 2.67. The molecule has 7 heteroatoms. The number of hydrogen-bond acceptors (Lipinski definition) is 6. The van der Waals surface area contributed by atoms with E-state index in [4.69, 9.17) is 14.2 Å². The minimum atomic E-state index is -0.106. The van der Waals surface area contributed by atoms with Crippen molar-refractivity contribution in [3.63, 3.8) is 0 Å². The molecular weight excluding hydrogens is 352 g/mol. The number of nitrogens with zero attached hydrogens (tertiary/aromatic N) is 1. The molecule has 4 rings (SSSR count). The molecule has 0 spiro atoms. The predicted molar refractivity (Wildman–Crippen MR) is 98.9 cm³/mol.